The van der Waals surface area contributed by atoms with Crippen molar-refractivity contribution in [3.05, 3.63) is 75.4 Å². The summed E-state index contributed by atoms with van der Waals surface area (Å²) >= 11 is 1.34. The highest BCUT2D eigenvalue weighted by Crippen LogP contribution is 2.19. The zero-order valence-electron chi connectivity index (χ0n) is 15.8. The van der Waals surface area contributed by atoms with E-state index in [0.717, 1.165) is 5.56 Å². The highest BCUT2D eigenvalue weighted by Gasteiger charge is 2.18. The van der Waals surface area contributed by atoms with Gasteiger partial charge in [-0.05, 0) is 17.0 Å². The molecule has 5 aromatic rings. The Kier molecular flexibility index (Phi) is 4.36. The maximum atomic E-state index is 12.4. The van der Waals surface area contributed by atoms with Crippen molar-refractivity contribution in [1.29, 1.82) is 0 Å². The molecule has 0 saturated carbocycles. The first-order chi connectivity index (χ1) is 14.6. The summed E-state index contributed by atoms with van der Waals surface area (Å²) in [5.41, 5.74) is 1.69. The van der Waals surface area contributed by atoms with Crippen LogP contribution in [-0.4, -0.2) is 40.1 Å². The van der Waals surface area contributed by atoms with E-state index in [2.05, 4.69) is 20.5 Å². The molecule has 150 valence electrons. The van der Waals surface area contributed by atoms with Crippen molar-refractivity contribution in [1.82, 2.24) is 34.2 Å². The Labute approximate surface area is 173 Å². The third-order valence-corrected chi connectivity index (χ3v) is 5.56. The fourth-order valence-corrected chi connectivity index (χ4v) is 4.04. The molecule has 0 N–H and O–H groups in total. The molecular weight excluding hydrogens is 406 g/mol. The Morgan fingerprint density at radius 3 is 2.80 bits per heavy atom. The smallest absolute Gasteiger partial charge is 0.360 e. The van der Waals surface area contributed by atoms with E-state index in [0.29, 0.717) is 28.4 Å². The first-order valence-corrected chi connectivity index (χ1v) is 9.91. The number of fused-ring (bicyclic) bond motifs is 3. The van der Waals surface area contributed by atoms with E-state index in [-0.39, 0.29) is 17.9 Å². The summed E-state index contributed by atoms with van der Waals surface area (Å²) in [7, 11) is 1.63. The number of thiophene rings is 1. The third-order valence-electron chi connectivity index (χ3n) is 4.66. The molecule has 1 aromatic carbocycles. The normalized spacial score (nSPS) is 11.4. The molecule has 0 radical (unpaired) electrons. The largest absolute Gasteiger partial charge is 0.453 e. The number of ether oxygens (including phenoxy) is 1. The Balaban J connectivity index is 1.36. The number of benzene rings is 1. The van der Waals surface area contributed by atoms with Crippen LogP contribution in [0.15, 0.2) is 52.8 Å². The predicted molar refractivity (Wildman–Crippen MR) is 108 cm³/mol. The molecule has 0 aliphatic heterocycles. The molecule has 0 unspecified atom stereocenters. The van der Waals surface area contributed by atoms with E-state index in [9.17, 15) is 9.59 Å². The second kappa shape index (κ2) is 7.19. The monoisotopic (exact) mass is 421 g/mol. The van der Waals surface area contributed by atoms with E-state index in [1.54, 1.807) is 16.1 Å². The Morgan fingerprint density at radius 2 is 1.97 bits per heavy atom. The van der Waals surface area contributed by atoms with Gasteiger partial charge in [0.1, 0.15) is 4.70 Å². The molecule has 11 heteroatoms. The van der Waals surface area contributed by atoms with Crippen molar-refractivity contribution >= 4 is 33.3 Å². The molecule has 5 rings (SSSR count). The molecule has 10 nitrogen and oxygen atoms in total. The highest BCUT2D eigenvalue weighted by atomic mass is 32.1. The second-order valence-corrected chi connectivity index (χ2v) is 7.53. The van der Waals surface area contributed by atoms with Gasteiger partial charge in [-0.2, -0.15) is 0 Å². The first-order valence-electron chi connectivity index (χ1n) is 9.03. The average Bonchev–Trinajstić information content (AvgIpc) is 3.50. The molecule has 0 spiro atoms. The molecule has 4 aromatic heterocycles. The van der Waals surface area contributed by atoms with E-state index < -0.39 is 5.97 Å². The summed E-state index contributed by atoms with van der Waals surface area (Å²) in [6, 6.07) is 11.6. The number of hydrogen-bond acceptors (Lipinski definition) is 8. The third kappa shape index (κ3) is 3.05. The highest BCUT2D eigenvalue weighted by molar-refractivity contribution is 7.17. The molecule has 0 atom stereocenters. The Morgan fingerprint density at radius 1 is 1.13 bits per heavy atom. The zero-order valence-corrected chi connectivity index (χ0v) is 16.6. The fraction of sp³-hybridized carbons (Fsp3) is 0.158. The van der Waals surface area contributed by atoms with E-state index >= 15 is 0 Å². The van der Waals surface area contributed by atoms with Gasteiger partial charge in [-0.25, -0.2) is 9.48 Å². The maximum Gasteiger partial charge on any atom is 0.360 e. The molecule has 30 heavy (non-hydrogen) atoms. The van der Waals surface area contributed by atoms with Gasteiger partial charge in [0, 0.05) is 7.05 Å². The van der Waals surface area contributed by atoms with Gasteiger partial charge in [0.2, 0.25) is 5.78 Å². The van der Waals surface area contributed by atoms with Crippen LogP contribution >= 0.6 is 11.3 Å². The van der Waals surface area contributed by atoms with Crippen LogP contribution in [0.5, 0.6) is 0 Å². The molecule has 0 saturated heterocycles. The first kappa shape index (κ1) is 18.2. The van der Waals surface area contributed by atoms with Crippen LogP contribution in [0.2, 0.25) is 0 Å². The van der Waals surface area contributed by atoms with Crippen LogP contribution in [0.25, 0.3) is 16.0 Å². The number of carbonyl (C=O) groups excluding carboxylic acids is 1. The van der Waals surface area contributed by atoms with Gasteiger partial charge in [0.05, 0.1) is 18.3 Å². The second-order valence-electron chi connectivity index (χ2n) is 6.61. The van der Waals surface area contributed by atoms with Gasteiger partial charge >= 0.3 is 5.97 Å². The van der Waals surface area contributed by atoms with E-state index in [1.807, 2.05) is 41.8 Å². The lowest BCUT2D eigenvalue weighted by Gasteiger charge is -2.05. The van der Waals surface area contributed by atoms with E-state index in [1.165, 1.54) is 22.1 Å². The van der Waals surface area contributed by atoms with Crippen LogP contribution in [0, 0.1) is 0 Å². The quantitative estimate of drug-likeness (QED) is 0.397. The van der Waals surface area contributed by atoms with Crippen LogP contribution in [0.1, 0.15) is 21.9 Å². The predicted octanol–water partition coefficient (Wildman–Crippen LogP) is 1.64. The van der Waals surface area contributed by atoms with Crippen molar-refractivity contribution in [2.24, 2.45) is 7.05 Å². The van der Waals surface area contributed by atoms with E-state index in [4.69, 9.17) is 4.74 Å². The molecule has 0 bridgehead atoms. The van der Waals surface area contributed by atoms with Gasteiger partial charge in [-0.15, -0.1) is 26.6 Å². The fourth-order valence-electron chi connectivity index (χ4n) is 3.19. The van der Waals surface area contributed by atoms with Gasteiger partial charge < -0.3 is 4.74 Å². The summed E-state index contributed by atoms with van der Waals surface area (Å²) in [6.07, 6.45) is 1.54. The minimum Gasteiger partial charge on any atom is -0.453 e. The number of nitrogens with zero attached hydrogens (tertiary/aromatic N) is 7. The SMILES string of the molecule is Cn1c(=O)c2sccc2n2c(COC(=O)c3cn(Cc4ccccc4)nn3)nnc12. The minimum atomic E-state index is -0.613. The lowest BCUT2D eigenvalue weighted by atomic mass is 10.2. The number of aryl methyl sites for hydroxylation is 1. The van der Waals surface area contributed by atoms with Crippen molar-refractivity contribution < 1.29 is 9.53 Å². The standard InChI is InChI=1S/C19H15N7O3S/c1-24-17(27)16-14(7-8-30-16)26-15(21-22-19(24)26)11-29-18(28)13-10-25(23-20-13)9-12-5-3-2-4-6-12/h2-8,10H,9,11H2,1H3. The summed E-state index contributed by atoms with van der Waals surface area (Å²) in [6.45, 7) is 0.384. The van der Waals surface area contributed by atoms with Crippen LogP contribution < -0.4 is 5.56 Å². The topological polar surface area (TPSA) is 109 Å². The molecule has 0 aliphatic rings. The van der Waals surface area contributed by atoms with Gasteiger partial charge in [-0.3, -0.25) is 13.8 Å². The summed E-state index contributed by atoms with van der Waals surface area (Å²) in [4.78, 5) is 24.8. The number of aromatic nitrogens is 7. The minimum absolute atomic E-state index is 0.104. The molecule has 4 heterocycles. The van der Waals surface area contributed by atoms with Gasteiger partial charge in [0.25, 0.3) is 5.56 Å². The lowest BCUT2D eigenvalue weighted by molar-refractivity contribution is 0.0454. The van der Waals surface area contributed by atoms with Gasteiger partial charge in [-0.1, -0.05) is 35.5 Å². The van der Waals surface area contributed by atoms with Crippen molar-refractivity contribution in [3.8, 4) is 0 Å². The number of rotatable bonds is 5. The number of esters is 1. The van der Waals surface area contributed by atoms with Crippen LogP contribution in [0.4, 0.5) is 0 Å². The van der Waals surface area contributed by atoms with Crippen molar-refractivity contribution in [2.75, 3.05) is 0 Å². The molecule has 0 amide bonds. The summed E-state index contributed by atoms with van der Waals surface area (Å²) < 4.78 is 10.7. The van der Waals surface area contributed by atoms with Crippen molar-refractivity contribution in [2.45, 2.75) is 13.2 Å². The van der Waals surface area contributed by atoms with Crippen molar-refractivity contribution in [3.63, 3.8) is 0 Å². The number of hydrogen-bond donors (Lipinski definition) is 0. The Hall–Kier alpha value is -3.86. The van der Waals surface area contributed by atoms with Gasteiger partial charge in [0.15, 0.2) is 18.1 Å². The molecule has 0 aliphatic carbocycles. The Bertz CT molecular complexity index is 1430. The maximum absolute atomic E-state index is 12.4. The number of carbonyl (C=O) groups is 1. The zero-order chi connectivity index (χ0) is 20.7. The summed E-state index contributed by atoms with van der Waals surface area (Å²) in [5, 5.41) is 17.9. The molecular formula is C19H15N7O3S. The lowest BCUT2D eigenvalue weighted by Crippen LogP contribution is -2.19. The average molecular weight is 421 g/mol. The van der Waals surface area contributed by atoms with Crippen LogP contribution in [0.3, 0.4) is 0 Å². The molecule has 0 fully saturated rings. The van der Waals surface area contributed by atoms with Crippen LogP contribution in [-0.2, 0) is 24.9 Å². The summed E-state index contributed by atoms with van der Waals surface area (Å²) in [5.74, 6) is 0.178.